The number of halogens is 2. The largest absolute Gasteiger partial charge is 0.352 e. The first-order chi connectivity index (χ1) is 10.7. The fourth-order valence-corrected chi connectivity index (χ4v) is 3.21. The number of para-hydroxylation sites is 1. The second kappa shape index (κ2) is 5.25. The van der Waals surface area contributed by atoms with Gasteiger partial charge in [0.2, 0.25) is 0 Å². The van der Waals surface area contributed by atoms with E-state index in [1.54, 1.807) is 6.07 Å². The molecule has 0 unspecified atom stereocenters. The van der Waals surface area contributed by atoms with Crippen LogP contribution in [0.4, 0.5) is 10.1 Å². The minimum atomic E-state index is -0.316. The molecule has 1 saturated heterocycles. The van der Waals surface area contributed by atoms with E-state index in [1.165, 1.54) is 17.7 Å². The molecule has 0 amide bonds. The van der Waals surface area contributed by atoms with E-state index >= 15 is 0 Å². The van der Waals surface area contributed by atoms with E-state index in [2.05, 4.69) is 11.0 Å². The first-order valence-electron chi connectivity index (χ1n) is 7.28. The molecule has 0 atom stereocenters. The minimum Gasteiger partial charge on any atom is -0.352 e. The van der Waals surface area contributed by atoms with Gasteiger partial charge >= 0.3 is 0 Å². The van der Waals surface area contributed by atoms with Gasteiger partial charge in [0.25, 0.3) is 0 Å². The average molecular weight is 313 g/mol. The molecular weight excluding hydrogens is 299 g/mol. The summed E-state index contributed by atoms with van der Waals surface area (Å²) in [7, 11) is 0. The second-order valence-corrected chi connectivity index (χ2v) is 5.98. The molecule has 2 nitrogen and oxygen atoms in total. The number of benzene rings is 2. The van der Waals surface area contributed by atoms with Gasteiger partial charge in [0.05, 0.1) is 10.7 Å². The Morgan fingerprint density at radius 2 is 2.05 bits per heavy atom. The van der Waals surface area contributed by atoms with Crippen molar-refractivity contribution < 1.29 is 4.39 Å². The molecule has 0 bridgehead atoms. The topological polar surface area (TPSA) is 15.6 Å². The van der Waals surface area contributed by atoms with Crippen LogP contribution in [0.3, 0.4) is 0 Å². The summed E-state index contributed by atoms with van der Waals surface area (Å²) < 4.78 is 13.2. The lowest BCUT2D eigenvalue weighted by Gasteiger charge is -2.24. The lowest BCUT2D eigenvalue weighted by atomic mass is 10.1. The first kappa shape index (κ1) is 13.5. The molecular formula is C18H14ClFN2. The standard InChI is InChI=1S/C18H14ClFN2/c19-16-10-15(20)6-5-12(16)9-13-7-8-22-11-14-3-1-2-4-17(14)21-18(13)22/h1-6,9-10H,7-8,11H2/b13-9+. The summed E-state index contributed by atoms with van der Waals surface area (Å²) >= 11 is 6.13. The SMILES string of the molecule is Fc1ccc(/C=C2\CCN3Cc4ccccc4N=C23)c(Cl)c1. The van der Waals surface area contributed by atoms with Crippen molar-refractivity contribution in [1.29, 1.82) is 0 Å². The van der Waals surface area contributed by atoms with Crippen LogP contribution in [0.25, 0.3) is 6.08 Å². The third-order valence-corrected chi connectivity index (χ3v) is 4.44. The molecule has 4 heteroatoms. The summed E-state index contributed by atoms with van der Waals surface area (Å²) in [4.78, 5) is 7.07. The first-order valence-corrected chi connectivity index (χ1v) is 7.66. The maximum absolute atomic E-state index is 13.2. The van der Waals surface area contributed by atoms with E-state index in [-0.39, 0.29) is 5.82 Å². The molecule has 4 rings (SSSR count). The van der Waals surface area contributed by atoms with Crippen LogP contribution in [-0.2, 0) is 6.54 Å². The molecule has 0 aliphatic carbocycles. The zero-order valence-electron chi connectivity index (χ0n) is 11.9. The average Bonchev–Trinajstić information content (AvgIpc) is 2.90. The number of rotatable bonds is 1. The van der Waals surface area contributed by atoms with Crippen molar-refractivity contribution in [2.45, 2.75) is 13.0 Å². The van der Waals surface area contributed by atoms with Crippen LogP contribution in [0.2, 0.25) is 5.02 Å². The molecule has 110 valence electrons. The molecule has 0 radical (unpaired) electrons. The molecule has 0 N–H and O–H groups in total. The van der Waals surface area contributed by atoms with Crippen molar-refractivity contribution in [3.8, 4) is 0 Å². The van der Waals surface area contributed by atoms with Gasteiger partial charge in [-0.05, 0) is 47.4 Å². The number of aliphatic imine (C=N–C) groups is 1. The van der Waals surface area contributed by atoms with E-state index in [4.69, 9.17) is 16.6 Å². The molecule has 0 aromatic heterocycles. The summed E-state index contributed by atoms with van der Waals surface area (Å²) in [6.07, 6.45) is 2.95. The van der Waals surface area contributed by atoms with Gasteiger partial charge in [-0.2, -0.15) is 0 Å². The Morgan fingerprint density at radius 1 is 1.18 bits per heavy atom. The lowest BCUT2D eigenvalue weighted by molar-refractivity contribution is 0.443. The Kier molecular flexibility index (Phi) is 3.23. The minimum absolute atomic E-state index is 0.316. The molecule has 0 spiro atoms. The fourth-order valence-electron chi connectivity index (χ4n) is 2.99. The summed E-state index contributed by atoms with van der Waals surface area (Å²) in [5, 5.41) is 0.433. The van der Waals surface area contributed by atoms with Crippen molar-refractivity contribution in [2.24, 2.45) is 4.99 Å². The van der Waals surface area contributed by atoms with Crippen LogP contribution in [-0.4, -0.2) is 17.3 Å². The monoisotopic (exact) mass is 312 g/mol. The van der Waals surface area contributed by atoms with E-state index in [0.29, 0.717) is 5.02 Å². The predicted octanol–water partition coefficient (Wildman–Crippen LogP) is 4.81. The van der Waals surface area contributed by atoms with Gasteiger partial charge in [0, 0.05) is 13.1 Å². The zero-order valence-corrected chi connectivity index (χ0v) is 12.6. The Bertz CT molecular complexity index is 810. The highest BCUT2D eigenvalue weighted by Gasteiger charge is 2.27. The molecule has 2 aromatic carbocycles. The van der Waals surface area contributed by atoms with Crippen molar-refractivity contribution >= 4 is 29.2 Å². The maximum atomic E-state index is 13.2. The Morgan fingerprint density at radius 3 is 2.91 bits per heavy atom. The predicted molar refractivity (Wildman–Crippen MR) is 88.0 cm³/mol. The normalized spacial score (nSPS) is 18.2. The third-order valence-electron chi connectivity index (χ3n) is 4.11. The summed E-state index contributed by atoms with van der Waals surface area (Å²) in [6.45, 7) is 1.85. The number of hydrogen-bond donors (Lipinski definition) is 0. The number of fused-ring (bicyclic) bond motifs is 2. The van der Waals surface area contributed by atoms with Crippen LogP contribution in [0.15, 0.2) is 53.0 Å². The van der Waals surface area contributed by atoms with E-state index in [1.807, 2.05) is 24.3 Å². The Hall–Kier alpha value is -2.13. The molecule has 2 aliphatic heterocycles. The third kappa shape index (κ3) is 2.32. The van der Waals surface area contributed by atoms with Gasteiger partial charge in [-0.1, -0.05) is 35.9 Å². The summed E-state index contributed by atoms with van der Waals surface area (Å²) in [5.74, 6) is 0.697. The highest BCUT2D eigenvalue weighted by Crippen LogP contribution is 2.33. The fraction of sp³-hybridized carbons (Fsp3) is 0.167. The van der Waals surface area contributed by atoms with Gasteiger partial charge in [0.1, 0.15) is 11.7 Å². The van der Waals surface area contributed by atoms with Crippen LogP contribution < -0.4 is 0 Å². The second-order valence-electron chi connectivity index (χ2n) is 5.57. The smallest absolute Gasteiger partial charge is 0.132 e. The van der Waals surface area contributed by atoms with Crippen molar-refractivity contribution in [2.75, 3.05) is 6.54 Å². The van der Waals surface area contributed by atoms with Crippen molar-refractivity contribution in [3.05, 3.63) is 70.0 Å². The van der Waals surface area contributed by atoms with Crippen LogP contribution >= 0.6 is 11.6 Å². The van der Waals surface area contributed by atoms with Crippen molar-refractivity contribution in [3.63, 3.8) is 0 Å². The van der Waals surface area contributed by atoms with Crippen molar-refractivity contribution in [1.82, 2.24) is 4.90 Å². The number of hydrogen-bond acceptors (Lipinski definition) is 2. The number of nitrogens with zero attached hydrogens (tertiary/aromatic N) is 2. The van der Waals surface area contributed by atoms with Gasteiger partial charge < -0.3 is 4.90 Å². The molecule has 2 heterocycles. The van der Waals surface area contributed by atoms with E-state index in [9.17, 15) is 4.39 Å². The van der Waals surface area contributed by atoms with E-state index < -0.39 is 0 Å². The van der Waals surface area contributed by atoms with Crippen LogP contribution in [0.5, 0.6) is 0 Å². The van der Waals surface area contributed by atoms with Gasteiger partial charge in [-0.15, -0.1) is 0 Å². The van der Waals surface area contributed by atoms with Crippen LogP contribution in [0, 0.1) is 5.82 Å². The highest BCUT2D eigenvalue weighted by atomic mass is 35.5. The molecule has 1 fully saturated rings. The molecule has 0 saturated carbocycles. The molecule has 22 heavy (non-hydrogen) atoms. The highest BCUT2D eigenvalue weighted by molar-refractivity contribution is 6.32. The van der Waals surface area contributed by atoms with Crippen LogP contribution in [0.1, 0.15) is 17.5 Å². The summed E-state index contributed by atoms with van der Waals surface area (Å²) in [5.41, 5.74) is 4.28. The molecule has 2 aliphatic rings. The number of amidine groups is 1. The van der Waals surface area contributed by atoms with Gasteiger partial charge in [-0.25, -0.2) is 9.38 Å². The maximum Gasteiger partial charge on any atom is 0.132 e. The van der Waals surface area contributed by atoms with Gasteiger partial charge in [-0.3, -0.25) is 0 Å². The van der Waals surface area contributed by atoms with Gasteiger partial charge in [0.15, 0.2) is 0 Å². The summed E-state index contributed by atoms with van der Waals surface area (Å²) in [6, 6.07) is 12.7. The quantitative estimate of drug-likeness (QED) is 0.737. The Balaban J connectivity index is 1.75. The Labute approximate surface area is 133 Å². The van der Waals surface area contributed by atoms with E-state index in [0.717, 1.165) is 42.2 Å². The zero-order chi connectivity index (χ0) is 15.1. The lowest BCUT2D eigenvalue weighted by Crippen LogP contribution is -2.27. The molecule has 2 aromatic rings.